The van der Waals surface area contributed by atoms with E-state index < -0.39 is 11.9 Å². The molecule has 24 heavy (non-hydrogen) atoms. The average molecular weight is 323 g/mol. The van der Waals surface area contributed by atoms with Crippen molar-refractivity contribution in [2.24, 2.45) is 0 Å². The summed E-state index contributed by atoms with van der Waals surface area (Å²) in [5.74, 6) is -1.39. The topological polar surface area (TPSA) is 46.6 Å². The Morgan fingerprint density at radius 1 is 1.08 bits per heavy atom. The van der Waals surface area contributed by atoms with E-state index in [1.165, 1.54) is 10.5 Å². The van der Waals surface area contributed by atoms with Gasteiger partial charge in [0.15, 0.2) is 0 Å². The maximum absolute atomic E-state index is 12.4. The number of carbonyl (C=O) groups is 2. The van der Waals surface area contributed by atoms with E-state index in [1.807, 2.05) is 42.5 Å². The number of amides is 1. The molecule has 0 saturated heterocycles. The molecule has 0 bridgehead atoms. The molecule has 0 saturated carbocycles. The Kier molecular flexibility index (Phi) is 4.38. The molecule has 1 heterocycles. The number of para-hydroxylation sites is 1. The SMILES string of the molecule is CCOC(=O)C(=O)N1CC[C@](C)(c2ccccc2)c2ccccc21. The lowest BCUT2D eigenvalue weighted by atomic mass is 9.71. The van der Waals surface area contributed by atoms with E-state index in [0.29, 0.717) is 6.54 Å². The number of esters is 1. The monoisotopic (exact) mass is 323 g/mol. The molecule has 0 aromatic heterocycles. The summed E-state index contributed by atoms with van der Waals surface area (Å²) in [7, 11) is 0. The smallest absolute Gasteiger partial charge is 0.397 e. The molecule has 124 valence electrons. The molecule has 0 spiro atoms. The van der Waals surface area contributed by atoms with Crippen LogP contribution in [0.2, 0.25) is 0 Å². The van der Waals surface area contributed by atoms with Crippen LogP contribution in [0.4, 0.5) is 5.69 Å². The predicted octanol–water partition coefficient (Wildman–Crippen LogP) is 3.29. The molecule has 0 fully saturated rings. The Labute approximate surface area is 142 Å². The van der Waals surface area contributed by atoms with Crippen LogP contribution in [0.15, 0.2) is 54.6 Å². The van der Waals surface area contributed by atoms with Crippen LogP contribution in [0, 0.1) is 0 Å². The highest BCUT2D eigenvalue weighted by Gasteiger charge is 2.39. The van der Waals surface area contributed by atoms with Gasteiger partial charge in [-0.25, -0.2) is 4.79 Å². The average Bonchev–Trinajstić information content (AvgIpc) is 2.63. The van der Waals surface area contributed by atoms with Crippen molar-refractivity contribution in [2.45, 2.75) is 25.7 Å². The Morgan fingerprint density at radius 3 is 2.46 bits per heavy atom. The Morgan fingerprint density at radius 2 is 1.75 bits per heavy atom. The number of anilines is 1. The zero-order chi connectivity index (χ0) is 17.2. The summed E-state index contributed by atoms with van der Waals surface area (Å²) in [6, 6.07) is 18.1. The van der Waals surface area contributed by atoms with Gasteiger partial charge in [0.2, 0.25) is 0 Å². The number of ether oxygens (including phenoxy) is 1. The fourth-order valence-corrected chi connectivity index (χ4v) is 3.39. The maximum Gasteiger partial charge on any atom is 0.397 e. The zero-order valence-corrected chi connectivity index (χ0v) is 14.0. The van der Waals surface area contributed by atoms with Gasteiger partial charge < -0.3 is 9.64 Å². The molecular weight excluding hydrogens is 302 g/mol. The van der Waals surface area contributed by atoms with Crippen LogP contribution >= 0.6 is 0 Å². The molecule has 0 radical (unpaired) electrons. The van der Waals surface area contributed by atoms with Crippen molar-refractivity contribution >= 4 is 17.6 Å². The summed E-state index contributed by atoms with van der Waals surface area (Å²) in [5.41, 5.74) is 2.86. The van der Waals surface area contributed by atoms with Crippen molar-refractivity contribution in [3.05, 3.63) is 65.7 Å². The van der Waals surface area contributed by atoms with Crippen LogP contribution in [-0.4, -0.2) is 25.0 Å². The van der Waals surface area contributed by atoms with E-state index in [2.05, 4.69) is 19.1 Å². The molecule has 0 unspecified atom stereocenters. The van der Waals surface area contributed by atoms with Gasteiger partial charge in [0.05, 0.1) is 6.61 Å². The first-order valence-electron chi connectivity index (χ1n) is 8.21. The first-order chi connectivity index (χ1) is 11.6. The molecule has 2 aromatic carbocycles. The summed E-state index contributed by atoms with van der Waals surface area (Å²) in [6.07, 6.45) is 0.749. The summed E-state index contributed by atoms with van der Waals surface area (Å²) >= 11 is 0. The van der Waals surface area contributed by atoms with Gasteiger partial charge in [0, 0.05) is 17.6 Å². The van der Waals surface area contributed by atoms with Crippen LogP contribution in [-0.2, 0) is 19.7 Å². The standard InChI is InChI=1S/C20H21NO3/c1-3-24-19(23)18(22)21-14-13-20(2,15-9-5-4-6-10-15)16-11-7-8-12-17(16)21/h4-12H,3,13-14H2,1-2H3/t20-/m1/s1. The highest BCUT2D eigenvalue weighted by Crippen LogP contribution is 2.44. The molecule has 1 atom stereocenters. The lowest BCUT2D eigenvalue weighted by molar-refractivity contribution is -0.153. The third-order valence-electron chi connectivity index (χ3n) is 4.73. The third-order valence-corrected chi connectivity index (χ3v) is 4.73. The Hall–Kier alpha value is -2.62. The van der Waals surface area contributed by atoms with Gasteiger partial charge in [0.25, 0.3) is 0 Å². The molecule has 0 aliphatic carbocycles. The zero-order valence-electron chi connectivity index (χ0n) is 14.0. The number of nitrogens with zero attached hydrogens (tertiary/aromatic N) is 1. The van der Waals surface area contributed by atoms with Gasteiger partial charge in [-0.2, -0.15) is 0 Å². The van der Waals surface area contributed by atoms with E-state index in [-0.39, 0.29) is 12.0 Å². The highest BCUT2D eigenvalue weighted by atomic mass is 16.5. The Balaban J connectivity index is 2.03. The number of rotatable bonds is 2. The van der Waals surface area contributed by atoms with Crippen LogP contribution in [0.3, 0.4) is 0 Å². The molecule has 1 aliphatic heterocycles. The highest BCUT2D eigenvalue weighted by molar-refractivity contribution is 6.38. The van der Waals surface area contributed by atoms with Gasteiger partial charge in [-0.05, 0) is 30.5 Å². The van der Waals surface area contributed by atoms with Crippen molar-refractivity contribution < 1.29 is 14.3 Å². The second-order valence-electron chi connectivity index (χ2n) is 6.14. The maximum atomic E-state index is 12.4. The third kappa shape index (κ3) is 2.68. The number of hydrogen-bond acceptors (Lipinski definition) is 3. The largest absolute Gasteiger partial charge is 0.459 e. The lowest BCUT2D eigenvalue weighted by Crippen LogP contribution is -2.45. The van der Waals surface area contributed by atoms with Gasteiger partial charge in [-0.1, -0.05) is 55.5 Å². The van der Waals surface area contributed by atoms with Crippen LogP contribution in [0.25, 0.3) is 0 Å². The summed E-state index contributed by atoms with van der Waals surface area (Å²) in [6.45, 7) is 4.57. The minimum atomic E-state index is -0.796. The normalized spacial score (nSPS) is 19.5. The predicted molar refractivity (Wildman–Crippen MR) is 92.9 cm³/mol. The lowest BCUT2D eigenvalue weighted by Gasteiger charge is -2.41. The number of hydrogen-bond donors (Lipinski definition) is 0. The second kappa shape index (κ2) is 6.48. The summed E-state index contributed by atoms with van der Waals surface area (Å²) in [4.78, 5) is 25.9. The van der Waals surface area contributed by atoms with Gasteiger partial charge in [-0.15, -0.1) is 0 Å². The van der Waals surface area contributed by atoms with E-state index in [1.54, 1.807) is 6.92 Å². The van der Waals surface area contributed by atoms with Crippen molar-refractivity contribution in [3.63, 3.8) is 0 Å². The fraction of sp³-hybridized carbons (Fsp3) is 0.300. The van der Waals surface area contributed by atoms with Gasteiger partial charge in [-0.3, -0.25) is 4.79 Å². The summed E-state index contributed by atoms with van der Waals surface area (Å²) < 4.78 is 4.88. The van der Waals surface area contributed by atoms with E-state index in [4.69, 9.17) is 4.74 Å². The number of fused-ring (bicyclic) bond motifs is 1. The second-order valence-corrected chi connectivity index (χ2v) is 6.14. The molecule has 1 aliphatic rings. The molecule has 0 N–H and O–H groups in total. The van der Waals surface area contributed by atoms with Crippen molar-refractivity contribution in [3.8, 4) is 0 Å². The molecule has 2 aromatic rings. The van der Waals surface area contributed by atoms with Crippen LogP contribution in [0.1, 0.15) is 31.4 Å². The quantitative estimate of drug-likeness (QED) is 0.629. The Bertz CT molecular complexity index is 756. The molecule has 3 rings (SSSR count). The minimum absolute atomic E-state index is 0.191. The van der Waals surface area contributed by atoms with Gasteiger partial charge in [0.1, 0.15) is 0 Å². The first kappa shape index (κ1) is 16.2. The summed E-state index contributed by atoms with van der Waals surface area (Å²) in [5, 5.41) is 0. The fourth-order valence-electron chi connectivity index (χ4n) is 3.39. The van der Waals surface area contributed by atoms with Crippen molar-refractivity contribution in [2.75, 3.05) is 18.1 Å². The van der Waals surface area contributed by atoms with E-state index in [0.717, 1.165) is 17.7 Å². The molecule has 4 heteroatoms. The minimum Gasteiger partial charge on any atom is -0.459 e. The first-order valence-corrected chi connectivity index (χ1v) is 8.21. The van der Waals surface area contributed by atoms with Crippen molar-refractivity contribution in [1.29, 1.82) is 0 Å². The number of carbonyl (C=O) groups excluding carboxylic acids is 2. The number of benzene rings is 2. The van der Waals surface area contributed by atoms with E-state index >= 15 is 0 Å². The molecule has 4 nitrogen and oxygen atoms in total. The van der Waals surface area contributed by atoms with Gasteiger partial charge >= 0.3 is 11.9 Å². The van der Waals surface area contributed by atoms with Crippen LogP contribution in [0.5, 0.6) is 0 Å². The van der Waals surface area contributed by atoms with E-state index in [9.17, 15) is 9.59 Å². The molecular formula is C20H21NO3. The van der Waals surface area contributed by atoms with Crippen LogP contribution < -0.4 is 4.90 Å². The van der Waals surface area contributed by atoms with Crippen molar-refractivity contribution in [1.82, 2.24) is 0 Å². The molecule has 1 amide bonds.